The number of ether oxygens (including phenoxy) is 3. The summed E-state index contributed by atoms with van der Waals surface area (Å²) in [4.78, 5) is 11.8. The minimum atomic E-state index is 0.648. The van der Waals surface area contributed by atoms with Crippen LogP contribution in [0, 0.1) is 6.92 Å². The van der Waals surface area contributed by atoms with E-state index in [1.807, 2.05) is 19.1 Å². The van der Waals surface area contributed by atoms with E-state index in [0.29, 0.717) is 19.1 Å². The molecule has 0 N–H and O–H groups in total. The highest BCUT2D eigenvalue weighted by Crippen LogP contribution is 2.26. The molecule has 2 fully saturated rings. The van der Waals surface area contributed by atoms with Crippen molar-refractivity contribution in [2.24, 2.45) is 0 Å². The van der Waals surface area contributed by atoms with Crippen molar-refractivity contribution in [3.8, 4) is 5.75 Å². The van der Waals surface area contributed by atoms with Crippen LogP contribution in [-0.2, 0) is 29.1 Å². The zero-order valence-electron chi connectivity index (χ0n) is 21.3. The van der Waals surface area contributed by atoms with Crippen LogP contribution in [0.15, 0.2) is 52.9 Å². The summed E-state index contributed by atoms with van der Waals surface area (Å²) in [5.41, 5.74) is 4.53. The van der Waals surface area contributed by atoms with Gasteiger partial charge in [-0.1, -0.05) is 24.3 Å². The Hall–Kier alpha value is -3.07. The normalized spacial score (nSPS) is 16.8. The van der Waals surface area contributed by atoms with Gasteiger partial charge in [0.1, 0.15) is 11.5 Å². The number of rotatable bonds is 9. The van der Waals surface area contributed by atoms with Crippen LogP contribution in [0.4, 0.5) is 11.7 Å². The van der Waals surface area contributed by atoms with E-state index in [1.165, 1.54) is 11.3 Å². The number of oxazole rings is 1. The highest BCUT2D eigenvalue weighted by Gasteiger charge is 2.21. The fraction of sp³-hybridized carbons (Fsp3) is 0.464. The summed E-state index contributed by atoms with van der Waals surface area (Å²) in [5.74, 6) is 1.77. The average molecular weight is 493 g/mol. The number of hydrogen-bond donors (Lipinski definition) is 0. The number of aryl methyl sites for hydroxylation is 1. The highest BCUT2D eigenvalue weighted by molar-refractivity contribution is 5.50. The fourth-order valence-electron chi connectivity index (χ4n) is 4.73. The van der Waals surface area contributed by atoms with Crippen LogP contribution >= 0.6 is 0 Å². The van der Waals surface area contributed by atoms with E-state index in [9.17, 15) is 0 Å². The maximum Gasteiger partial charge on any atom is 0.298 e. The van der Waals surface area contributed by atoms with Gasteiger partial charge in [0.25, 0.3) is 6.01 Å². The van der Waals surface area contributed by atoms with Crippen LogP contribution < -0.4 is 14.5 Å². The Morgan fingerprint density at radius 1 is 0.889 bits per heavy atom. The molecule has 0 bridgehead atoms. The molecule has 0 spiro atoms. The molecule has 2 aliphatic heterocycles. The lowest BCUT2D eigenvalue weighted by Gasteiger charge is -2.29. The van der Waals surface area contributed by atoms with Gasteiger partial charge < -0.3 is 28.4 Å². The van der Waals surface area contributed by atoms with Gasteiger partial charge in [-0.25, -0.2) is 0 Å². The molecule has 0 unspecified atom stereocenters. The number of anilines is 2. The summed E-state index contributed by atoms with van der Waals surface area (Å²) in [6.45, 7) is 10.9. The van der Waals surface area contributed by atoms with Gasteiger partial charge in [0, 0.05) is 45.0 Å². The summed E-state index contributed by atoms with van der Waals surface area (Å²) >= 11 is 0. The molecule has 192 valence electrons. The number of nitrogens with zero attached hydrogens (tertiary/aromatic N) is 4. The Labute approximate surface area is 213 Å². The van der Waals surface area contributed by atoms with Crippen LogP contribution in [-0.4, -0.2) is 69.6 Å². The molecular formula is C28H36N4O4. The number of aromatic nitrogens is 1. The van der Waals surface area contributed by atoms with Crippen LogP contribution in [0.2, 0.25) is 0 Å². The molecule has 2 aromatic carbocycles. The van der Waals surface area contributed by atoms with Gasteiger partial charge in [0.05, 0.1) is 45.8 Å². The molecule has 0 atom stereocenters. The lowest BCUT2D eigenvalue weighted by atomic mass is 10.1. The Bertz CT molecular complexity index is 1120. The largest absolute Gasteiger partial charge is 0.497 e. The summed E-state index contributed by atoms with van der Waals surface area (Å²) in [7, 11) is 1.70. The molecule has 2 aliphatic rings. The molecule has 2 saturated heterocycles. The van der Waals surface area contributed by atoms with Gasteiger partial charge in [-0.05, 0) is 42.3 Å². The van der Waals surface area contributed by atoms with Gasteiger partial charge in [-0.3, -0.25) is 4.90 Å². The first-order chi connectivity index (χ1) is 17.7. The number of methoxy groups -OCH3 is 1. The topological polar surface area (TPSA) is 63.4 Å². The molecule has 3 heterocycles. The van der Waals surface area contributed by atoms with Crippen LogP contribution in [0.3, 0.4) is 0 Å². The van der Waals surface area contributed by atoms with Crippen molar-refractivity contribution in [1.29, 1.82) is 0 Å². The summed E-state index contributed by atoms with van der Waals surface area (Å²) < 4.78 is 22.9. The predicted octanol–water partition coefficient (Wildman–Crippen LogP) is 3.87. The minimum absolute atomic E-state index is 0.648. The van der Waals surface area contributed by atoms with Crippen LogP contribution in [0.25, 0.3) is 0 Å². The van der Waals surface area contributed by atoms with Gasteiger partial charge in [-0.2, -0.15) is 4.98 Å². The zero-order chi connectivity index (χ0) is 24.7. The second kappa shape index (κ2) is 11.8. The molecule has 36 heavy (non-hydrogen) atoms. The first-order valence-corrected chi connectivity index (χ1v) is 12.7. The molecule has 8 nitrogen and oxygen atoms in total. The molecule has 1 aromatic heterocycles. The smallest absolute Gasteiger partial charge is 0.298 e. The lowest BCUT2D eigenvalue weighted by molar-refractivity contribution is 0.0313. The van der Waals surface area contributed by atoms with Crippen molar-refractivity contribution in [1.82, 2.24) is 9.88 Å². The van der Waals surface area contributed by atoms with E-state index in [0.717, 1.165) is 81.9 Å². The van der Waals surface area contributed by atoms with Crippen LogP contribution in [0.5, 0.6) is 5.75 Å². The van der Waals surface area contributed by atoms with E-state index >= 15 is 0 Å². The molecule has 0 aliphatic carbocycles. The summed E-state index contributed by atoms with van der Waals surface area (Å²) in [6, 6.07) is 17.6. The zero-order valence-corrected chi connectivity index (χ0v) is 21.3. The van der Waals surface area contributed by atoms with Gasteiger partial charge in [0.2, 0.25) is 0 Å². The molecular weight excluding hydrogens is 456 g/mol. The third-order valence-electron chi connectivity index (χ3n) is 6.79. The van der Waals surface area contributed by atoms with Crippen molar-refractivity contribution >= 4 is 11.7 Å². The monoisotopic (exact) mass is 492 g/mol. The molecule has 5 rings (SSSR count). The molecule has 8 heteroatoms. The number of morpholine rings is 2. The lowest BCUT2D eigenvalue weighted by Crippen LogP contribution is -2.36. The predicted molar refractivity (Wildman–Crippen MR) is 140 cm³/mol. The number of hydrogen-bond acceptors (Lipinski definition) is 8. The van der Waals surface area contributed by atoms with Crippen molar-refractivity contribution in [3.63, 3.8) is 0 Å². The Morgan fingerprint density at radius 2 is 1.56 bits per heavy atom. The maximum atomic E-state index is 6.40. The standard InChI is InChI=1S/C28H36N4O4/c1-22-27(21-30-9-13-34-14-10-30)36-28(29-22)32(20-24-6-4-8-26(18-24)33-2)19-23-5-3-7-25(17-23)31-11-15-35-16-12-31/h3-8,17-18H,9-16,19-21H2,1-2H3. The fourth-order valence-corrected chi connectivity index (χ4v) is 4.73. The maximum absolute atomic E-state index is 6.40. The SMILES string of the molecule is COc1cccc(CN(Cc2cccc(N3CCOCC3)c2)c2nc(C)c(CN3CCOCC3)o2)c1. The first-order valence-electron chi connectivity index (χ1n) is 12.7. The Balaban J connectivity index is 1.39. The van der Waals surface area contributed by atoms with E-state index in [-0.39, 0.29) is 0 Å². The third kappa shape index (κ3) is 6.19. The Morgan fingerprint density at radius 3 is 2.28 bits per heavy atom. The molecule has 3 aromatic rings. The van der Waals surface area contributed by atoms with E-state index in [4.69, 9.17) is 23.6 Å². The quantitative estimate of drug-likeness (QED) is 0.446. The van der Waals surface area contributed by atoms with Crippen molar-refractivity contribution < 1.29 is 18.6 Å². The van der Waals surface area contributed by atoms with Gasteiger partial charge >= 0.3 is 0 Å². The van der Waals surface area contributed by atoms with Crippen molar-refractivity contribution in [2.75, 3.05) is 69.5 Å². The third-order valence-corrected chi connectivity index (χ3v) is 6.79. The van der Waals surface area contributed by atoms with Crippen molar-refractivity contribution in [3.05, 3.63) is 71.1 Å². The number of benzene rings is 2. The van der Waals surface area contributed by atoms with E-state index < -0.39 is 0 Å². The molecule has 0 radical (unpaired) electrons. The second-order valence-corrected chi connectivity index (χ2v) is 9.37. The summed E-state index contributed by atoms with van der Waals surface area (Å²) in [6.07, 6.45) is 0. The summed E-state index contributed by atoms with van der Waals surface area (Å²) in [5, 5.41) is 0. The molecule has 0 amide bonds. The van der Waals surface area contributed by atoms with Crippen molar-refractivity contribution in [2.45, 2.75) is 26.6 Å². The minimum Gasteiger partial charge on any atom is -0.497 e. The van der Waals surface area contributed by atoms with Gasteiger partial charge in [0.15, 0.2) is 0 Å². The average Bonchev–Trinajstić information content (AvgIpc) is 3.29. The van der Waals surface area contributed by atoms with E-state index in [1.54, 1.807) is 7.11 Å². The highest BCUT2D eigenvalue weighted by atomic mass is 16.5. The van der Waals surface area contributed by atoms with Crippen LogP contribution in [0.1, 0.15) is 22.6 Å². The molecule has 0 saturated carbocycles. The van der Waals surface area contributed by atoms with E-state index in [2.05, 4.69) is 51.1 Å². The van der Waals surface area contributed by atoms with Gasteiger partial charge in [-0.15, -0.1) is 0 Å². The second-order valence-electron chi connectivity index (χ2n) is 9.37. The Kier molecular flexibility index (Phi) is 8.05. The first kappa shape index (κ1) is 24.6.